The molecule has 1 aliphatic rings. The van der Waals surface area contributed by atoms with E-state index in [4.69, 9.17) is 16.3 Å². The van der Waals surface area contributed by atoms with Crippen molar-refractivity contribution in [1.82, 2.24) is 5.32 Å². The molecule has 2 aromatic rings. The lowest BCUT2D eigenvalue weighted by Crippen LogP contribution is -2.32. The minimum absolute atomic E-state index is 0.0556. The number of amides is 3. The number of ether oxygens (including phenoxy) is 1. The highest BCUT2D eigenvalue weighted by atomic mass is 35.5. The average Bonchev–Trinajstić information content (AvgIpc) is 3.12. The Morgan fingerprint density at radius 3 is 2.57 bits per heavy atom. The van der Waals surface area contributed by atoms with Gasteiger partial charge in [0.05, 0.1) is 19.3 Å². The smallest absolute Gasteiger partial charge is 0.251 e. The minimum Gasteiger partial charge on any atom is -0.494 e. The zero-order valence-corrected chi connectivity index (χ0v) is 16.1. The Kier molecular flexibility index (Phi) is 6.16. The van der Waals surface area contributed by atoms with E-state index in [0.29, 0.717) is 40.7 Å². The van der Waals surface area contributed by atoms with Gasteiger partial charge in [0.2, 0.25) is 11.8 Å². The molecular weight excluding hydrogens is 382 g/mol. The van der Waals surface area contributed by atoms with Crippen LogP contribution < -0.4 is 20.3 Å². The molecule has 0 aliphatic carbocycles. The molecule has 0 atom stereocenters. The van der Waals surface area contributed by atoms with Gasteiger partial charge < -0.3 is 20.3 Å². The van der Waals surface area contributed by atoms with Crippen molar-refractivity contribution in [3.63, 3.8) is 0 Å². The van der Waals surface area contributed by atoms with Crippen molar-refractivity contribution in [2.45, 2.75) is 12.8 Å². The van der Waals surface area contributed by atoms with Crippen LogP contribution >= 0.6 is 11.6 Å². The second-order valence-corrected chi connectivity index (χ2v) is 6.71. The second kappa shape index (κ2) is 8.75. The van der Waals surface area contributed by atoms with Crippen molar-refractivity contribution in [1.29, 1.82) is 0 Å². The Morgan fingerprint density at radius 2 is 1.93 bits per heavy atom. The van der Waals surface area contributed by atoms with Crippen LogP contribution in [0.15, 0.2) is 42.5 Å². The summed E-state index contributed by atoms with van der Waals surface area (Å²) in [6, 6.07) is 11.5. The molecule has 2 N–H and O–H groups in total. The molecule has 0 saturated carbocycles. The highest BCUT2D eigenvalue weighted by Crippen LogP contribution is 2.33. The van der Waals surface area contributed by atoms with Gasteiger partial charge in [0.15, 0.2) is 0 Å². The Labute approximate surface area is 167 Å². The minimum atomic E-state index is -0.380. The summed E-state index contributed by atoms with van der Waals surface area (Å²) in [5.74, 6) is -0.195. The molecule has 1 fully saturated rings. The Balaban J connectivity index is 1.60. The van der Waals surface area contributed by atoms with E-state index < -0.39 is 0 Å². The van der Waals surface area contributed by atoms with E-state index in [1.807, 2.05) is 0 Å². The average molecular weight is 402 g/mol. The monoisotopic (exact) mass is 401 g/mol. The molecule has 1 heterocycles. The zero-order valence-electron chi connectivity index (χ0n) is 15.3. The number of nitrogens with zero attached hydrogens (tertiary/aromatic N) is 1. The Morgan fingerprint density at radius 1 is 1.18 bits per heavy atom. The van der Waals surface area contributed by atoms with Crippen molar-refractivity contribution >= 4 is 40.7 Å². The van der Waals surface area contributed by atoms with Crippen LogP contribution in [-0.2, 0) is 9.59 Å². The summed E-state index contributed by atoms with van der Waals surface area (Å²) in [6.45, 7) is 0.466. The topological polar surface area (TPSA) is 87.7 Å². The van der Waals surface area contributed by atoms with Gasteiger partial charge in [-0.15, -0.1) is 0 Å². The number of hydrogen-bond donors (Lipinski definition) is 2. The first-order valence-electron chi connectivity index (χ1n) is 8.80. The molecule has 1 saturated heterocycles. The van der Waals surface area contributed by atoms with Crippen LogP contribution in [-0.4, -0.2) is 37.9 Å². The van der Waals surface area contributed by atoms with Crippen LogP contribution in [0.5, 0.6) is 5.75 Å². The molecule has 146 valence electrons. The van der Waals surface area contributed by atoms with Gasteiger partial charge >= 0.3 is 0 Å². The maximum Gasteiger partial charge on any atom is 0.251 e. The number of nitrogens with one attached hydrogen (secondary N) is 2. The van der Waals surface area contributed by atoms with Crippen molar-refractivity contribution in [2.24, 2.45) is 0 Å². The molecule has 0 bridgehead atoms. The Bertz CT molecular complexity index is 899. The number of anilines is 2. The van der Waals surface area contributed by atoms with Crippen LogP contribution in [0.2, 0.25) is 5.02 Å². The molecular formula is C20H20ClN3O4. The summed E-state index contributed by atoms with van der Waals surface area (Å²) in [6.07, 6.45) is 1.34. The molecule has 0 spiro atoms. The summed E-state index contributed by atoms with van der Waals surface area (Å²) < 4.78 is 5.37. The first kappa shape index (κ1) is 19.7. The van der Waals surface area contributed by atoms with Crippen LogP contribution in [0.25, 0.3) is 0 Å². The van der Waals surface area contributed by atoms with E-state index >= 15 is 0 Å². The Hall–Kier alpha value is -3.06. The molecule has 2 aromatic carbocycles. The van der Waals surface area contributed by atoms with E-state index in [0.717, 1.165) is 6.42 Å². The highest BCUT2D eigenvalue weighted by Gasteiger charge is 2.24. The third-order valence-corrected chi connectivity index (χ3v) is 4.60. The van der Waals surface area contributed by atoms with Crippen molar-refractivity contribution < 1.29 is 19.1 Å². The number of carbonyl (C=O) groups excluding carboxylic acids is 3. The maximum atomic E-state index is 12.1. The number of hydrogen-bond acceptors (Lipinski definition) is 4. The fourth-order valence-corrected chi connectivity index (χ4v) is 3.08. The molecule has 1 aliphatic heterocycles. The van der Waals surface area contributed by atoms with Gasteiger partial charge in [-0.25, -0.2) is 0 Å². The highest BCUT2D eigenvalue weighted by molar-refractivity contribution is 6.30. The fraction of sp³-hybridized carbons (Fsp3) is 0.250. The molecule has 3 amide bonds. The number of methoxy groups -OCH3 is 1. The second-order valence-electron chi connectivity index (χ2n) is 6.27. The van der Waals surface area contributed by atoms with Crippen molar-refractivity contribution in [2.75, 3.05) is 30.4 Å². The lowest BCUT2D eigenvalue weighted by Gasteiger charge is -2.19. The molecule has 0 aromatic heterocycles. The van der Waals surface area contributed by atoms with Gasteiger partial charge in [0.25, 0.3) is 5.91 Å². The predicted molar refractivity (Wildman–Crippen MR) is 107 cm³/mol. The van der Waals surface area contributed by atoms with Gasteiger partial charge in [-0.2, -0.15) is 0 Å². The number of halogens is 1. The van der Waals surface area contributed by atoms with Gasteiger partial charge in [0.1, 0.15) is 5.75 Å². The van der Waals surface area contributed by atoms with Crippen LogP contribution in [0, 0.1) is 0 Å². The van der Waals surface area contributed by atoms with Gasteiger partial charge in [0, 0.05) is 35.3 Å². The van der Waals surface area contributed by atoms with E-state index in [1.165, 1.54) is 7.11 Å². The normalized spacial score (nSPS) is 13.4. The van der Waals surface area contributed by atoms with Crippen molar-refractivity contribution in [3.05, 3.63) is 53.1 Å². The van der Waals surface area contributed by atoms with Crippen molar-refractivity contribution in [3.8, 4) is 5.75 Å². The molecule has 7 nitrogen and oxygen atoms in total. The van der Waals surface area contributed by atoms with Gasteiger partial charge in [-0.05, 0) is 42.8 Å². The van der Waals surface area contributed by atoms with Crippen LogP contribution in [0.4, 0.5) is 11.4 Å². The van der Waals surface area contributed by atoms with E-state index in [9.17, 15) is 14.4 Å². The fourth-order valence-electron chi connectivity index (χ4n) is 2.95. The number of benzene rings is 2. The lowest BCUT2D eigenvalue weighted by molar-refractivity contribution is -0.117. The summed E-state index contributed by atoms with van der Waals surface area (Å²) in [5.41, 5.74) is 1.61. The predicted octanol–water partition coefficient (Wildman–Crippen LogP) is 2.84. The largest absolute Gasteiger partial charge is 0.494 e. The summed E-state index contributed by atoms with van der Waals surface area (Å²) in [5, 5.41) is 5.78. The SMILES string of the molecule is COc1cc(NC(=O)CNC(=O)c2ccc(Cl)cc2)ccc1N1CCCC1=O. The lowest BCUT2D eigenvalue weighted by atomic mass is 10.2. The molecule has 0 radical (unpaired) electrons. The third-order valence-electron chi connectivity index (χ3n) is 4.34. The molecule has 3 rings (SSSR count). The molecule has 0 unspecified atom stereocenters. The number of carbonyl (C=O) groups is 3. The molecule has 28 heavy (non-hydrogen) atoms. The van der Waals surface area contributed by atoms with Crippen LogP contribution in [0.1, 0.15) is 23.2 Å². The van der Waals surface area contributed by atoms with Gasteiger partial charge in [-0.1, -0.05) is 11.6 Å². The summed E-state index contributed by atoms with van der Waals surface area (Å²) >= 11 is 5.79. The standard InChI is InChI=1S/C20H20ClN3O4/c1-28-17-11-15(8-9-16(17)24-10-2-3-19(24)26)23-18(25)12-22-20(27)13-4-6-14(21)7-5-13/h4-9,11H,2-3,10,12H2,1H3,(H,22,27)(H,23,25). The summed E-state index contributed by atoms with van der Waals surface area (Å²) in [4.78, 5) is 37.8. The zero-order chi connectivity index (χ0) is 20.1. The van der Waals surface area contributed by atoms with E-state index in [-0.39, 0.29) is 24.3 Å². The van der Waals surface area contributed by atoms with Crippen LogP contribution in [0.3, 0.4) is 0 Å². The summed E-state index contributed by atoms with van der Waals surface area (Å²) in [7, 11) is 1.51. The maximum absolute atomic E-state index is 12.1. The van der Waals surface area contributed by atoms with E-state index in [2.05, 4.69) is 10.6 Å². The quantitative estimate of drug-likeness (QED) is 0.779. The first-order chi connectivity index (χ1) is 13.5. The van der Waals surface area contributed by atoms with Gasteiger partial charge in [-0.3, -0.25) is 14.4 Å². The number of rotatable bonds is 6. The third kappa shape index (κ3) is 4.61. The molecule has 8 heteroatoms. The first-order valence-corrected chi connectivity index (χ1v) is 9.18. The van der Waals surface area contributed by atoms with E-state index in [1.54, 1.807) is 47.4 Å².